The lowest BCUT2D eigenvalue weighted by molar-refractivity contribution is -0.138. The number of nitrogens with zero attached hydrogens (tertiary/aromatic N) is 2. The van der Waals surface area contributed by atoms with Crippen LogP contribution < -0.4 is 4.74 Å². The van der Waals surface area contributed by atoms with Crippen LogP contribution >= 0.6 is 0 Å². The Morgan fingerprint density at radius 3 is 2.67 bits per heavy atom. The third-order valence-corrected chi connectivity index (χ3v) is 3.50. The predicted octanol–water partition coefficient (Wildman–Crippen LogP) is 2.37. The Bertz CT molecular complexity index is 474. The molecule has 4 nitrogen and oxygen atoms in total. The minimum absolute atomic E-state index is 0.0218. The van der Waals surface area contributed by atoms with Crippen LogP contribution in [0.3, 0.4) is 0 Å². The molecule has 0 radical (unpaired) electrons. The highest BCUT2D eigenvalue weighted by Crippen LogP contribution is 2.33. The zero-order valence-electron chi connectivity index (χ0n) is 12.1. The number of aromatic nitrogens is 1. The Morgan fingerprint density at radius 1 is 1.38 bits per heavy atom. The summed E-state index contributed by atoms with van der Waals surface area (Å²) in [7, 11) is 1.30. The molecular weight excluding hydrogens is 285 g/mol. The van der Waals surface area contributed by atoms with Gasteiger partial charge in [0, 0.05) is 38.5 Å². The number of rotatable bonds is 6. The maximum Gasteiger partial charge on any atom is 0.416 e. The molecule has 1 fully saturated rings. The Kier molecular flexibility index (Phi) is 5.05. The molecule has 0 bridgehead atoms. The van der Waals surface area contributed by atoms with E-state index in [1.165, 1.54) is 13.3 Å². The van der Waals surface area contributed by atoms with E-state index in [1.807, 2.05) is 6.92 Å². The lowest BCUT2D eigenvalue weighted by atomic mass is 10.0. The number of pyridine rings is 1. The van der Waals surface area contributed by atoms with Gasteiger partial charge in [0.25, 0.3) is 0 Å². The monoisotopic (exact) mass is 304 g/mol. The molecule has 118 valence electrons. The summed E-state index contributed by atoms with van der Waals surface area (Å²) in [5, 5.41) is 0. The van der Waals surface area contributed by atoms with Gasteiger partial charge in [0.1, 0.15) is 0 Å². The van der Waals surface area contributed by atoms with Crippen LogP contribution in [-0.2, 0) is 17.3 Å². The zero-order chi connectivity index (χ0) is 15.5. The fraction of sp³-hybridized carbons (Fsp3) is 0.643. The van der Waals surface area contributed by atoms with Gasteiger partial charge in [-0.15, -0.1) is 0 Å². The number of methoxy groups -OCH3 is 1. The van der Waals surface area contributed by atoms with Gasteiger partial charge in [-0.25, -0.2) is 4.98 Å². The maximum atomic E-state index is 13.0. The van der Waals surface area contributed by atoms with Crippen LogP contribution in [0.2, 0.25) is 0 Å². The van der Waals surface area contributed by atoms with Crippen molar-refractivity contribution < 1.29 is 22.6 Å². The minimum Gasteiger partial charge on any atom is -0.481 e. The van der Waals surface area contributed by atoms with E-state index in [-0.39, 0.29) is 17.5 Å². The molecule has 0 saturated carbocycles. The van der Waals surface area contributed by atoms with Crippen LogP contribution in [0.5, 0.6) is 5.88 Å². The van der Waals surface area contributed by atoms with Crippen molar-refractivity contribution >= 4 is 0 Å². The van der Waals surface area contributed by atoms with Crippen molar-refractivity contribution in [3.05, 3.63) is 23.4 Å². The van der Waals surface area contributed by atoms with Gasteiger partial charge in [-0.3, -0.25) is 4.90 Å². The van der Waals surface area contributed by atoms with E-state index in [0.717, 1.165) is 19.2 Å². The summed E-state index contributed by atoms with van der Waals surface area (Å²) in [5.74, 6) is -0.0218. The van der Waals surface area contributed by atoms with Gasteiger partial charge in [0.05, 0.1) is 18.8 Å². The number of hydrogen-bond acceptors (Lipinski definition) is 4. The van der Waals surface area contributed by atoms with E-state index in [4.69, 9.17) is 9.47 Å². The van der Waals surface area contributed by atoms with Gasteiger partial charge in [0.2, 0.25) is 5.88 Å². The van der Waals surface area contributed by atoms with Crippen molar-refractivity contribution in [1.82, 2.24) is 9.88 Å². The van der Waals surface area contributed by atoms with Crippen LogP contribution in [0.25, 0.3) is 0 Å². The zero-order valence-corrected chi connectivity index (χ0v) is 12.1. The molecule has 2 rings (SSSR count). The first-order chi connectivity index (χ1) is 9.94. The van der Waals surface area contributed by atoms with E-state index in [0.29, 0.717) is 19.6 Å². The largest absolute Gasteiger partial charge is 0.481 e. The normalized spacial score (nSPS) is 16.8. The SMILES string of the molecule is CCOC1CN(CCc2cnc(OC)cc2C(F)(F)F)C1. The van der Waals surface area contributed by atoms with Crippen molar-refractivity contribution in [3.8, 4) is 5.88 Å². The summed E-state index contributed by atoms with van der Waals surface area (Å²) in [5.41, 5.74) is -0.473. The molecule has 21 heavy (non-hydrogen) atoms. The van der Waals surface area contributed by atoms with Crippen molar-refractivity contribution in [1.29, 1.82) is 0 Å². The number of halogens is 3. The van der Waals surface area contributed by atoms with E-state index in [1.54, 1.807) is 0 Å². The Morgan fingerprint density at radius 2 is 2.10 bits per heavy atom. The van der Waals surface area contributed by atoms with Gasteiger partial charge >= 0.3 is 6.18 Å². The molecule has 1 saturated heterocycles. The Balaban J connectivity index is 1.97. The number of hydrogen-bond donors (Lipinski definition) is 0. The molecule has 1 aliphatic rings. The summed E-state index contributed by atoms with van der Waals surface area (Å²) < 4.78 is 49.3. The summed E-state index contributed by atoms with van der Waals surface area (Å²) >= 11 is 0. The van der Waals surface area contributed by atoms with Crippen molar-refractivity contribution in [2.45, 2.75) is 25.6 Å². The molecule has 0 aromatic carbocycles. The summed E-state index contributed by atoms with van der Waals surface area (Å²) in [6, 6.07) is 0.953. The smallest absolute Gasteiger partial charge is 0.416 e. The van der Waals surface area contributed by atoms with Crippen LogP contribution in [0.4, 0.5) is 13.2 Å². The molecule has 0 N–H and O–H groups in total. The summed E-state index contributed by atoms with van der Waals surface area (Å²) in [4.78, 5) is 5.95. The average Bonchev–Trinajstić information content (AvgIpc) is 2.40. The van der Waals surface area contributed by atoms with Crippen LogP contribution in [0.15, 0.2) is 12.3 Å². The van der Waals surface area contributed by atoms with E-state index < -0.39 is 11.7 Å². The van der Waals surface area contributed by atoms with Crippen LogP contribution in [0.1, 0.15) is 18.1 Å². The maximum absolute atomic E-state index is 13.0. The van der Waals surface area contributed by atoms with Crippen molar-refractivity contribution in [2.75, 3.05) is 33.4 Å². The molecular formula is C14H19F3N2O2. The van der Waals surface area contributed by atoms with Gasteiger partial charge in [0.15, 0.2) is 0 Å². The van der Waals surface area contributed by atoms with E-state index in [9.17, 15) is 13.2 Å². The lowest BCUT2D eigenvalue weighted by Gasteiger charge is -2.38. The van der Waals surface area contributed by atoms with Crippen molar-refractivity contribution in [3.63, 3.8) is 0 Å². The molecule has 2 heterocycles. The molecule has 0 spiro atoms. The van der Waals surface area contributed by atoms with Gasteiger partial charge in [-0.2, -0.15) is 13.2 Å². The number of likely N-dealkylation sites (tertiary alicyclic amines) is 1. The molecule has 1 aliphatic heterocycles. The van der Waals surface area contributed by atoms with Crippen LogP contribution in [0, 0.1) is 0 Å². The van der Waals surface area contributed by atoms with E-state index in [2.05, 4.69) is 9.88 Å². The fourth-order valence-corrected chi connectivity index (χ4v) is 2.36. The highest BCUT2D eigenvalue weighted by atomic mass is 19.4. The minimum atomic E-state index is -4.39. The lowest BCUT2D eigenvalue weighted by Crippen LogP contribution is -2.52. The summed E-state index contributed by atoms with van der Waals surface area (Å²) in [6.07, 6.45) is -2.62. The third kappa shape index (κ3) is 4.07. The second-order valence-corrected chi connectivity index (χ2v) is 4.97. The first-order valence-electron chi connectivity index (χ1n) is 6.88. The average molecular weight is 304 g/mol. The standard InChI is InChI=1S/C14H19F3N2O2/c1-3-21-11-8-19(9-11)5-4-10-7-18-13(20-2)6-12(10)14(15,16)17/h6-7,11H,3-5,8-9H2,1-2H3. The number of ether oxygens (including phenoxy) is 2. The third-order valence-electron chi connectivity index (χ3n) is 3.50. The topological polar surface area (TPSA) is 34.6 Å². The molecule has 1 aromatic rings. The summed E-state index contributed by atoms with van der Waals surface area (Å²) in [6.45, 7) is 4.72. The fourth-order valence-electron chi connectivity index (χ4n) is 2.36. The molecule has 0 aliphatic carbocycles. The van der Waals surface area contributed by atoms with Crippen LogP contribution in [-0.4, -0.2) is 49.3 Å². The Hall–Kier alpha value is -1.34. The number of alkyl halides is 3. The second kappa shape index (κ2) is 6.62. The molecule has 0 amide bonds. The highest BCUT2D eigenvalue weighted by Gasteiger charge is 2.34. The molecule has 7 heteroatoms. The first-order valence-corrected chi connectivity index (χ1v) is 6.88. The second-order valence-electron chi connectivity index (χ2n) is 4.97. The first kappa shape index (κ1) is 16.0. The molecule has 0 unspecified atom stereocenters. The molecule has 1 aromatic heterocycles. The van der Waals surface area contributed by atoms with Gasteiger partial charge in [-0.1, -0.05) is 0 Å². The van der Waals surface area contributed by atoms with Gasteiger partial charge < -0.3 is 9.47 Å². The van der Waals surface area contributed by atoms with Gasteiger partial charge in [-0.05, 0) is 18.9 Å². The van der Waals surface area contributed by atoms with E-state index >= 15 is 0 Å². The highest BCUT2D eigenvalue weighted by molar-refractivity contribution is 5.32. The quantitative estimate of drug-likeness (QED) is 0.808. The Labute approximate surface area is 121 Å². The predicted molar refractivity (Wildman–Crippen MR) is 71.3 cm³/mol. The van der Waals surface area contributed by atoms with Crippen molar-refractivity contribution in [2.24, 2.45) is 0 Å². The molecule has 0 atom stereocenters.